The highest BCUT2D eigenvalue weighted by molar-refractivity contribution is 6.93. The van der Waals surface area contributed by atoms with Gasteiger partial charge in [0, 0.05) is 5.41 Å². The highest BCUT2D eigenvalue weighted by Crippen LogP contribution is 2.45. The van der Waals surface area contributed by atoms with Gasteiger partial charge in [-0.1, -0.05) is 43.5 Å². The van der Waals surface area contributed by atoms with Crippen LogP contribution < -0.4 is 0 Å². The highest BCUT2D eigenvalue weighted by Gasteiger charge is 2.35. The van der Waals surface area contributed by atoms with Crippen molar-refractivity contribution in [1.29, 1.82) is 0 Å². The standard InChI is InChI=1S/C18H20O2.CCl2O/c19-16-8-4-14(5-9-16)18(12-2-1-3-13-18)15-6-10-17(20)11-7-15;2-1(3)4/h4-11,19-20H,1-3,12-13H2;. The van der Waals surface area contributed by atoms with Gasteiger partial charge in [0.25, 0.3) is 0 Å². The molecule has 1 fully saturated rings. The highest BCUT2D eigenvalue weighted by atomic mass is 35.5. The summed E-state index contributed by atoms with van der Waals surface area (Å²) in [5.41, 5.74) is 2.56. The number of hydrogen-bond donors (Lipinski definition) is 2. The fourth-order valence-corrected chi connectivity index (χ4v) is 3.46. The number of carbonyl (C=O) groups excluding carboxylic acids is 1. The molecule has 3 nitrogen and oxygen atoms in total. The monoisotopic (exact) mass is 366 g/mol. The zero-order valence-electron chi connectivity index (χ0n) is 13.2. The molecule has 128 valence electrons. The quantitative estimate of drug-likeness (QED) is 0.647. The van der Waals surface area contributed by atoms with E-state index in [9.17, 15) is 10.2 Å². The number of rotatable bonds is 2. The number of phenols is 2. The van der Waals surface area contributed by atoms with Crippen molar-refractivity contribution >= 4 is 27.9 Å². The predicted molar refractivity (Wildman–Crippen MR) is 97.2 cm³/mol. The van der Waals surface area contributed by atoms with E-state index in [4.69, 9.17) is 4.79 Å². The number of hydrogen-bond acceptors (Lipinski definition) is 3. The molecule has 0 unspecified atom stereocenters. The van der Waals surface area contributed by atoms with Gasteiger partial charge in [0.05, 0.1) is 0 Å². The Labute approximate surface area is 151 Å². The molecule has 0 aliphatic heterocycles. The van der Waals surface area contributed by atoms with E-state index in [0.29, 0.717) is 11.5 Å². The number of benzene rings is 2. The summed E-state index contributed by atoms with van der Waals surface area (Å²) in [5.74, 6) is 0.621. The molecule has 1 aliphatic rings. The first-order valence-electron chi connectivity index (χ1n) is 7.88. The summed E-state index contributed by atoms with van der Waals surface area (Å²) in [6.45, 7) is 0. The minimum atomic E-state index is -0.889. The molecule has 0 spiro atoms. The Morgan fingerprint density at radius 2 is 1.08 bits per heavy atom. The molecule has 1 aliphatic carbocycles. The van der Waals surface area contributed by atoms with Gasteiger partial charge < -0.3 is 10.2 Å². The Morgan fingerprint density at radius 3 is 1.42 bits per heavy atom. The second kappa shape index (κ2) is 8.41. The lowest BCUT2D eigenvalue weighted by Gasteiger charge is -2.38. The number of phenolic OH excluding ortho intramolecular Hbond substituents is 2. The van der Waals surface area contributed by atoms with Gasteiger partial charge in [0.1, 0.15) is 11.5 Å². The summed E-state index contributed by atoms with van der Waals surface area (Å²) in [5, 5.41) is 19.0. The molecule has 0 amide bonds. The van der Waals surface area contributed by atoms with Crippen LogP contribution in [0.4, 0.5) is 4.79 Å². The van der Waals surface area contributed by atoms with Crippen LogP contribution in [0.25, 0.3) is 0 Å². The SMILES string of the molecule is O=C(Cl)Cl.Oc1ccc(C2(c3ccc(O)cc3)CCCCC2)cc1. The molecule has 2 aromatic carbocycles. The van der Waals surface area contributed by atoms with E-state index < -0.39 is 4.70 Å². The van der Waals surface area contributed by atoms with Crippen molar-refractivity contribution in [3.05, 3.63) is 59.7 Å². The topological polar surface area (TPSA) is 57.5 Å². The summed E-state index contributed by atoms with van der Waals surface area (Å²) in [7, 11) is 0. The molecule has 2 aromatic rings. The lowest BCUT2D eigenvalue weighted by atomic mass is 9.65. The minimum absolute atomic E-state index is 0.0274. The van der Waals surface area contributed by atoms with Gasteiger partial charge in [-0.2, -0.15) is 0 Å². The van der Waals surface area contributed by atoms with E-state index in [1.165, 1.54) is 30.4 Å². The summed E-state index contributed by atoms with van der Waals surface area (Å²) in [4.78, 5) is 8.98. The van der Waals surface area contributed by atoms with E-state index in [1.807, 2.05) is 24.3 Å². The largest absolute Gasteiger partial charge is 0.508 e. The first-order valence-corrected chi connectivity index (χ1v) is 8.64. The van der Waals surface area contributed by atoms with Gasteiger partial charge in [0.15, 0.2) is 0 Å². The molecule has 1 saturated carbocycles. The molecule has 24 heavy (non-hydrogen) atoms. The van der Waals surface area contributed by atoms with Gasteiger partial charge in [-0.15, -0.1) is 0 Å². The Balaban J connectivity index is 0.000000471. The maximum atomic E-state index is 9.51. The molecule has 2 N–H and O–H groups in total. The molecule has 3 rings (SSSR count). The van der Waals surface area contributed by atoms with Crippen LogP contribution in [-0.2, 0) is 5.41 Å². The van der Waals surface area contributed by atoms with Crippen LogP contribution in [0.15, 0.2) is 48.5 Å². The second-order valence-electron chi connectivity index (χ2n) is 5.96. The molecule has 0 bridgehead atoms. The summed E-state index contributed by atoms with van der Waals surface area (Å²) in [6, 6.07) is 15.2. The normalized spacial score (nSPS) is 15.9. The fourth-order valence-electron chi connectivity index (χ4n) is 3.46. The van der Waals surface area contributed by atoms with Crippen LogP contribution in [0.1, 0.15) is 43.2 Å². The van der Waals surface area contributed by atoms with Gasteiger partial charge in [-0.3, -0.25) is 4.79 Å². The third-order valence-electron chi connectivity index (χ3n) is 4.55. The Bertz CT molecular complexity index is 609. The van der Waals surface area contributed by atoms with Gasteiger partial charge in [-0.25, -0.2) is 0 Å². The van der Waals surface area contributed by atoms with Crippen LogP contribution >= 0.6 is 23.2 Å². The minimum Gasteiger partial charge on any atom is -0.508 e. The van der Waals surface area contributed by atoms with Crippen LogP contribution in [0.2, 0.25) is 0 Å². The number of halogens is 2. The smallest absolute Gasteiger partial charge is 0.313 e. The van der Waals surface area contributed by atoms with E-state index in [2.05, 4.69) is 23.2 Å². The molecule has 0 radical (unpaired) electrons. The van der Waals surface area contributed by atoms with E-state index in [-0.39, 0.29) is 5.41 Å². The zero-order chi connectivity index (χ0) is 17.6. The van der Waals surface area contributed by atoms with Crippen LogP contribution in [0.5, 0.6) is 11.5 Å². The van der Waals surface area contributed by atoms with Crippen molar-refractivity contribution < 1.29 is 15.0 Å². The average molecular weight is 367 g/mol. The maximum absolute atomic E-state index is 9.51. The van der Waals surface area contributed by atoms with Crippen molar-refractivity contribution in [3.8, 4) is 11.5 Å². The maximum Gasteiger partial charge on any atom is 0.313 e. The number of aromatic hydroxyl groups is 2. The molecule has 0 heterocycles. The molecule has 5 heteroatoms. The third kappa shape index (κ3) is 4.65. The number of carbonyl (C=O) groups is 1. The van der Waals surface area contributed by atoms with Crippen molar-refractivity contribution in [2.45, 2.75) is 37.5 Å². The lowest BCUT2D eigenvalue weighted by Crippen LogP contribution is -2.30. The molecular formula is C19H20Cl2O3. The molecular weight excluding hydrogens is 347 g/mol. The molecule has 0 atom stereocenters. The van der Waals surface area contributed by atoms with Gasteiger partial charge in [-0.05, 0) is 71.4 Å². The Hall–Kier alpha value is -1.71. The summed E-state index contributed by atoms with van der Waals surface area (Å²) < 4.78 is -0.889. The van der Waals surface area contributed by atoms with E-state index >= 15 is 0 Å². The molecule has 0 aromatic heterocycles. The van der Waals surface area contributed by atoms with Crippen molar-refractivity contribution in [3.63, 3.8) is 0 Å². The fraction of sp³-hybridized carbons (Fsp3) is 0.316. The summed E-state index contributed by atoms with van der Waals surface area (Å²) >= 11 is 8.80. The third-order valence-corrected chi connectivity index (χ3v) is 4.55. The van der Waals surface area contributed by atoms with Crippen LogP contribution in [0, 0.1) is 0 Å². The van der Waals surface area contributed by atoms with Crippen molar-refractivity contribution in [2.75, 3.05) is 0 Å². The van der Waals surface area contributed by atoms with Gasteiger partial charge in [0.2, 0.25) is 0 Å². The van der Waals surface area contributed by atoms with Crippen LogP contribution in [-0.4, -0.2) is 14.9 Å². The lowest BCUT2D eigenvalue weighted by molar-refractivity contribution is 0.275. The predicted octanol–water partition coefficient (Wildman–Crippen LogP) is 5.93. The van der Waals surface area contributed by atoms with Crippen molar-refractivity contribution in [2.24, 2.45) is 0 Å². The van der Waals surface area contributed by atoms with Gasteiger partial charge >= 0.3 is 4.70 Å². The first kappa shape index (κ1) is 18.6. The first-order chi connectivity index (χ1) is 11.4. The zero-order valence-corrected chi connectivity index (χ0v) is 14.7. The molecule has 0 saturated heterocycles. The average Bonchev–Trinajstić information content (AvgIpc) is 2.56. The second-order valence-corrected chi connectivity index (χ2v) is 6.84. The van der Waals surface area contributed by atoms with Crippen molar-refractivity contribution in [1.82, 2.24) is 0 Å². The van der Waals surface area contributed by atoms with Crippen LogP contribution in [0.3, 0.4) is 0 Å². The summed E-state index contributed by atoms with van der Waals surface area (Å²) in [6.07, 6.45) is 5.99. The Morgan fingerprint density at radius 1 is 0.750 bits per heavy atom. The van der Waals surface area contributed by atoms with E-state index in [1.54, 1.807) is 24.3 Å². The Kier molecular flexibility index (Phi) is 6.52. The van der Waals surface area contributed by atoms with E-state index in [0.717, 1.165) is 12.8 Å².